The van der Waals surface area contributed by atoms with Crippen molar-refractivity contribution in [3.63, 3.8) is 0 Å². The molecular formula is C13H17N3O2. The Morgan fingerprint density at radius 1 is 1.56 bits per heavy atom. The molecule has 1 rings (SSSR count). The van der Waals surface area contributed by atoms with Gasteiger partial charge in [-0.3, -0.25) is 10.1 Å². The average Bonchev–Trinajstić information content (AvgIpc) is 2.39. The summed E-state index contributed by atoms with van der Waals surface area (Å²) in [7, 11) is 1.88. The number of non-ortho nitro benzene ring substituents is 1. The van der Waals surface area contributed by atoms with E-state index >= 15 is 0 Å². The molecule has 0 aliphatic carbocycles. The third kappa shape index (κ3) is 2.84. The molecule has 0 saturated heterocycles. The quantitative estimate of drug-likeness (QED) is 0.640. The van der Waals surface area contributed by atoms with Gasteiger partial charge in [0.05, 0.1) is 16.6 Å². The number of benzene rings is 1. The standard InChI is InChI=1S/C13H17N3O2/c1-4-13(15-3)9(2)12-6-5-11(16(17)18)7-10(12)8-14/h5-7,9,13,15H,4H2,1-3H3. The smallest absolute Gasteiger partial charge is 0.270 e. The summed E-state index contributed by atoms with van der Waals surface area (Å²) in [6, 6.07) is 6.77. The second-order valence-corrected chi connectivity index (χ2v) is 4.23. The van der Waals surface area contributed by atoms with Crippen LogP contribution in [-0.2, 0) is 0 Å². The highest BCUT2D eigenvalue weighted by Gasteiger charge is 2.20. The lowest BCUT2D eigenvalue weighted by Crippen LogP contribution is -2.30. The Morgan fingerprint density at radius 3 is 2.67 bits per heavy atom. The molecule has 18 heavy (non-hydrogen) atoms. The lowest BCUT2D eigenvalue weighted by Gasteiger charge is -2.23. The zero-order chi connectivity index (χ0) is 13.7. The topological polar surface area (TPSA) is 79.0 Å². The van der Waals surface area contributed by atoms with Gasteiger partial charge in [-0.1, -0.05) is 19.9 Å². The second kappa shape index (κ2) is 6.12. The van der Waals surface area contributed by atoms with E-state index in [1.807, 2.05) is 20.0 Å². The van der Waals surface area contributed by atoms with E-state index in [9.17, 15) is 10.1 Å². The summed E-state index contributed by atoms with van der Waals surface area (Å²) in [4.78, 5) is 10.2. The molecule has 2 unspecified atom stereocenters. The predicted molar refractivity (Wildman–Crippen MR) is 69.4 cm³/mol. The summed E-state index contributed by atoms with van der Waals surface area (Å²) in [5, 5.41) is 23.0. The number of nitrogens with one attached hydrogen (secondary N) is 1. The van der Waals surface area contributed by atoms with Crippen LogP contribution in [0.15, 0.2) is 18.2 Å². The lowest BCUT2D eigenvalue weighted by atomic mass is 9.88. The monoisotopic (exact) mass is 247 g/mol. The Hall–Kier alpha value is -1.93. The van der Waals surface area contributed by atoms with Crippen molar-refractivity contribution in [3.8, 4) is 6.07 Å². The number of nitro groups is 1. The van der Waals surface area contributed by atoms with Gasteiger partial charge in [-0.25, -0.2) is 0 Å². The molecule has 5 heteroatoms. The molecular weight excluding hydrogens is 230 g/mol. The first-order chi connectivity index (χ1) is 8.54. The number of nitro benzene ring substituents is 1. The van der Waals surface area contributed by atoms with Gasteiger partial charge in [0, 0.05) is 18.2 Å². The molecule has 0 heterocycles. The van der Waals surface area contributed by atoms with Crippen LogP contribution < -0.4 is 5.32 Å². The first-order valence-electron chi connectivity index (χ1n) is 5.90. The summed E-state index contributed by atoms with van der Waals surface area (Å²) < 4.78 is 0. The zero-order valence-electron chi connectivity index (χ0n) is 10.8. The summed E-state index contributed by atoms with van der Waals surface area (Å²) in [6.07, 6.45) is 0.930. The van der Waals surface area contributed by atoms with Crippen LogP contribution in [0.1, 0.15) is 37.3 Å². The fourth-order valence-corrected chi connectivity index (χ4v) is 2.18. The van der Waals surface area contributed by atoms with Gasteiger partial charge in [0.25, 0.3) is 5.69 Å². The third-order valence-electron chi connectivity index (χ3n) is 3.27. The number of rotatable bonds is 5. The second-order valence-electron chi connectivity index (χ2n) is 4.23. The molecule has 1 N–H and O–H groups in total. The van der Waals surface area contributed by atoms with E-state index < -0.39 is 4.92 Å². The van der Waals surface area contributed by atoms with Gasteiger partial charge in [-0.05, 0) is 24.9 Å². The molecule has 0 aliphatic heterocycles. The summed E-state index contributed by atoms with van der Waals surface area (Å²) in [5.74, 6) is 0.135. The Kier molecular flexibility index (Phi) is 4.81. The maximum absolute atomic E-state index is 10.7. The molecule has 5 nitrogen and oxygen atoms in total. The molecule has 96 valence electrons. The molecule has 0 fully saturated rings. The summed E-state index contributed by atoms with van der Waals surface area (Å²) in [6.45, 7) is 4.09. The van der Waals surface area contributed by atoms with Crippen molar-refractivity contribution in [2.75, 3.05) is 7.05 Å². The highest BCUT2D eigenvalue weighted by atomic mass is 16.6. The number of hydrogen-bond acceptors (Lipinski definition) is 4. The van der Waals surface area contributed by atoms with E-state index in [0.29, 0.717) is 5.56 Å². The van der Waals surface area contributed by atoms with Crippen LogP contribution >= 0.6 is 0 Å². The van der Waals surface area contributed by atoms with E-state index in [-0.39, 0.29) is 17.6 Å². The number of likely N-dealkylation sites (N-methyl/N-ethyl adjacent to an activating group) is 1. The van der Waals surface area contributed by atoms with Crippen molar-refractivity contribution in [2.45, 2.75) is 32.2 Å². The highest BCUT2D eigenvalue weighted by molar-refractivity contribution is 5.48. The molecule has 2 atom stereocenters. The molecule has 0 radical (unpaired) electrons. The van der Waals surface area contributed by atoms with Crippen LogP contribution in [0.4, 0.5) is 5.69 Å². The highest BCUT2D eigenvalue weighted by Crippen LogP contribution is 2.27. The zero-order valence-corrected chi connectivity index (χ0v) is 10.8. The Balaban J connectivity index is 3.17. The Bertz CT molecular complexity index is 476. The van der Waals surface area contributed by atoms with Gasteiger partial charge in [0.1, 0.15) is 0 Å². The Labute approximate surface area is 107 Å². The van der Waals surface area contributed by atoms with Gasteiger partial charge in [-0.15, -0.1) is 0 Å². The molecule has 0 saturated carbocycles. The van der Waals surface area contributed by atoms with Crippen molar-refractivity contribution in [1.82, 2.24) is 5.32 Å². The molecule has 0 aliphatic rings. The fraction of sp³-hybridized carbons (Fsp3) is 0.462. The number of nitriles is 1. The van der Waals surface area contributed by atoms with E-state index in [1.54, 1.807) is 6.07 Å². The molecule has 0 amide bonds. The van der Waals surface area contributed by atoms with Crippen molar-refractivity contribution >= 4 is 5.69 Å². The van der Waals surface area contributed by atoms with Crippen LogP contribution in [0.5, 0.6) is 0 Å². The van der Waals surface area contributed by atoms with Crippen LogP contribution in [0.2, 0.25) is 0 Å². The van der Waals surface area contributed by atoms with Crippen molar-refractivity contribution in [1.29, 1.82) is 5.26 Å². The van der Waals surface area contributed by atoms with Gasteiger partial charge in [0.2, 0.25) is 0 Å². The predicted octanol–water partition coefficient (Wildman–Crippen LogP) is 2.57. The van der Waals surface area contributed by atoms with Gasteiger partial charge < -0.3 is 5.32 Å². The van der Waals surface area contributed by atoms with Crippen LogP contribution in [0, 0.1) is 21.4 Å². The largest absolute Gasteiger partial charge is 0.316 e. The van der Waals surface area contributed by atoms with Crippen LogP contribution in [0.3, 0.4) is 0 Å². The maximum Gasteiger partial charge on any atom is 0.270 e. The van der Waals surface area contributed by atoms with E-state index in [4.69, 9.17) is 5.26 Å². The molecule has 1 aromatic carbocycles. The van der Waals surface area contributed by atoms with Gasteiger partial charge >= 0.3 is 0 Å². The van der Waals surface area contributed by atoms with Gasteiger partial charge in [0.15, 0.2) is 0 Å². The molecule has 0 spiro atoms. The van der Waals surface area contributed by atoms with E-state index in [2.05, 4.69) is 12.2 Å². The number of nitrogens with zero attached hydrogens (tertiary/aromatic N) is 2. The molecule has 0 aromatic heterocycles. The average molecular weight is 247 g/mol. The summed E-state index contributed by atoms with van der Waals surface area (Å²) >= 11 is 0. The molecule has 1 aromatic rings. The van der Waals surface area contributed by atoms with Crippen molar-refractivity contribution in [2.24, 2.45) is 0 Å². The minimum Gasteiger partial charge on any atom is -0.316 e. The molecule has 0 bridgehead atoms. The van der Waals surface area contributed by atoms with Crippen LogP contribution in [-0.4, -0.2) is 18.0 Å². The first kappa shape index (κ1) is 14.1. The third-order valence-corrected chi connectivity index (χ3v) is 3.27. The lowest BCUT2D eigenvalue weighted by molar-refractivity contribution is -0.384. The minimum absolute atomic E-state index is 0.0417. The normalized spacial score (nSPS) is 13.7. The maximum atomic E-state index is 10.7. The van der Waals surface area contributed by atoms with E-state index in [1.165, 1.54) is 12.1 Å². The minimum atomic E-state index is -0.481. The van der Waals surface area contributed by atoms with Crippen molar-refractivity contribution in [3.05, 3.63) is 39.4 Å². The van der Waals surface area contributed by atoms with E-state index in [0.717, 1.165) is 12.0 Å². The summed E-state index contributed by atoms with van der Waals surface area (Å²) in [5.41, 5.74) is 1.19. The van der Waals surface area contributed by atoms with Crippen LogP contribution in [0.25, 0.3) is 0 Å². The van der Waals surface area contributed by atoms with Crippen molar-refractivity contribution < 1.29 is 4.92 Å². The first-order valence-corrected chi connectivity index (χ1v) is 5.90. The fourth-order valence-electron chi connectivity index (χ4n) is 2.18. The number of hydrogen-bond donors (Lipinski definition) is 1. The van der Waals surface area contributed by atoms with Gasteiger partial charge in [-0.2, -0.15) is 5.26 Å². The SMILES string of the molecule is CCC(NC)C(C)c1ccc([N+](=O)[O-])cc1C#N. The Morgan fingerprint density at radius 2 is 2.22 bits per heavy atom.